The molecule has 0 aliphatic carbocycles. The van der Waals surface area contributed by atoms with Crippen LogP contribution in [-0.2, 0) is 14.3 Å². The van der Waals surface area contributed by atoms with Crippen molar-refractivity contribution in [3.05, 3.63) is 12.2 Å². The molecule has 0 aromatic heterocycles. The molecule has 0 bridgehead atoms. The highest BCUT2D eigenvalue weighted by molar-refractivity contribution is 5.69. The first-order valence-electron chi connectivity index (χ1n) is 7.49. The van der Waals surface area contributed by atoms with Crippen molar-refractivity contribution in [2.45, 2.75) is 70.8 Å². The molecule has 0 saturated heterocycles. The lowest BCUT2D eigenvalue weighted by atomic mass is 10.1. The molecule has 0 unspecified atom stereocenters. The van der Waals surface area contributed by atoms with Crippen LogP contribution in [0.1, 0.15) is 64.7 Å². The zero-order chi connectivity index (χ0) is 14.3. The van der Waals surface area contributed by atoms with E-state index in [9.17, 15) is 4.79 Å². The Balaban J connectivity index is 3.57. The summed E-state index contributed by atoms with van der Waals surface area (Å²) < 4.78 is 10.0. The van der Waals surface area contributed by atoms with Crippen LogP contribution in [-0.4, -0.2) is 26.3 Å². The third kappa shape index (κ3) is 12.0. The van der Waals surface area contributed by atoms with E-state index in [0.29, 0.717) is 12.5 Å². The van der Waals surface area contributed by atoms with Crippen molar-refractivity contribution in [1.29, 1.82) is 0 Å². The maximum atomic E-state index is 10.9. The molecular weight excluding hydrogens is 240 g/mol. The van der Waals surface area contributed by atoms with Crippen LogP contribution in [0.4, 0.5) is 0 Å². The molecule has 0 aromatic carbocycles. The lowest BCUT2D eigenvalue weighted by molar-refractivity contribution is -0.140. The summed E-state index contributed by atoms with van der Waals surface area (Å²) in [6, 6.07) is 0. The fraction of sp³-hybridized carbons (Fsp3) is 0.812. The van der Waals surface area contributed by atoms with Crippen LogP contribution < -0.4 is 0 Å². The van der Waals surface area contributed by atoms with E-state index in [1.807, 2.05) is 6.08 Å². The standard InChI is InChI=1S/C16H30O3/c1-4-5-6-7-9-12-15(18-2)13-10-8-11-14-16(17)19-3/h8,10,15H,4-7,9,11-14H2,1-3H3/t15-/m0/s1. The number of carbonyl (C=O) groups is 1. The maximum Gasteiger partial charge on any atom is 0.305 e. The van der Waals surface area contributed by atoms with Gasteiger partial charge in [0.15, 0.2) is 0 Å². The predicted octanol–water partition coefficient (Wildman–Crippen LogP) is 4.26. The number of unbranched alkanes of at least 4 members (excludes halogenated alkanes) is 4. The highest BCUT2D eigenvalue weighted by Gasteiger charge is 2.04. The molecule has 0 aliphatic heterocycles. The monoisotopic (exact) mass is 270 g/mol. The summed E-state index contributed by atoms with van der Waals surface area (Å²) >= 11 is 0. The van der Waals surface area contributed by atoms with Crippen molar-refractivity contribution in [2.24, 2.45) is 0 Å². The van der Waals surface area contributed by atoms with E-state index < -0.39 is 0 Å². The van der Waals surface area contributed by atoms with Gasteiger partial charge in [-0.1, -0.05) is 51.2 Å². The van der Waals surface area contributed by atoms with Crippen LogP contribution >= 0.6 is 0 Å². The smallest absolute Gasteiger partial charge is 0.305 e. The van der Waals surface area contributed by atoms with Gasteiger partial charge in [0.25, 0.3) is 0 Å². The molecule has 0 fully saturated rings. The average Bonchev–Trinajstić information content (AvgIpc) is 2.44. The molecule has 3 heteroatoms. The number of allylic oxidation sites excluding steroid dienone is 1. The molecular formula is C16H30O3. The fourth-order valence-corrected chi connectivity index (χ4v) is 1.98. The molecule has 0 saturated carbocycles. The van der Waals surface area contributed by atoms with Crippen LogP contribution in [0.2, 0.25) is 0 Å². The van der Waals surface area contributed by atoms with E-state index in [0.717, 1.165) is 19.3 Å². The largest absolute Gasteiger partial charge is 0.469 e. The van der Waals surface area contributed by atoms with Gasteiger partial charge in [-0.05, 0) is 19.3 Å². The lowest BCUT2D eigenvalue weighted by Gasteiger charge is -2.12. The maximum absolute atomic E-state index is 10.9. The van der Waals surface area contributed by atoms with Gasteiger partial charge in [0.2, 0.25) is 0 Å². The number of methoxy groups -OCH3 is 2. The highest BCUT2D eigenvalue weighted by atomic mass is 16.5. The van der Waals surface area contributed by atoms with E-state index in [-0.39, 0.29) is 5.97 Å². The van der Waals surface area contributed by atoms with Crippen molar-refractivity contribution in [2.75, 3.05) is 14.2 Å². The Kier molecular flexibility index (Phi) is 13.0. The minimum atomic E-state index is -0.149. The zero-order valence-electron chi connectivity index (χ0n) is 12.8. The summed E-state index contributed by atoms with van der Waals surface area (Å²) in [6.45, 7) is 2.23. The van der Waals surface area contributed by atoms with E-state index >= 15 is 0 Å². The zero-order valence-corrected chi connectivity index (χ0v) is 12.8. The van der Waals surface area contributed by atoms with E-state index in [1.54, 1.807) is 7.11 Å². The van der Waals surface area contributed by atoms with E-state index in [1.165, 1.54) is 39.2 Å². The Labute approximate surface area is 118 Å². The third-order valence-electron chi connectivity index (χ3n) is 3.27. The molecule has 3 nitrogen and oxygen atoms in total. The second kappa shape index (κ2) is 13.6. The number of rotatable bonds is 12. The van der Waals surface area contributed by atoms with Gasteiger partial charge in [0, 0.05) is 13.5 Å². The molecule has 0 spiro atoms. The number of hydrogen-bond acceptors (Lipinski definition) is 3. The van der Waals surface area contributed by atoms with Crippen LogP contribution in [0.15, 0.2) is 12.2 Å². The summed E-state index contributed by atoms with van der Waals surface area (Å²) in [5, 5.41) is 0. The molecule has 19 heavy (non-hydrogen) atoms. The molecule has 0 N–H and O–H groups in total. The van der Waals surface area contributed by atoms with Gasteiger partial charge >= 0.3 is 5.97 Å². The first-order valence-corrected chi connectivity index (χ1v) is 7.49. The van der Waals surface area contributed by atoms with Crippen LogP contribution in [0.25, 0.3) is 0 Å². The van der Waals surface area contributed by atoms with E-state index in [2.05, 4.69) is 17.7 Å². The quantitative estimate of drug-likeness (QED) is 0.302. The normalized spacial score (nSPS) is 12.8. The van der Waals surface area contributed by atoms with Gasteiger partial charge in [-0.25, -0.2) is 0 Å². The molecule has 0 radical (unpaired) electrons. The third-order valence-corrected chi connectivity index (χ3v) is 3.27. The Hall–Kier alpha value is -0.830. The SMILES string of the molecule is CCCCCCC[C@@H](CC=CCCC(=O)OC)OC. The Morgan fingerprint density at radius 3 is 2.47 bits per heavy atom. The predicted molar refractivity (Wildman–Crippen MR) is 79.2 cm³/mol. The molecule has 1 atom stereocenters. The van der Waals surface area contributed by atoms with Gasteiger partial charge in [-0.3, -0.25) is 4.79 Å². The molecule has 0 heterocycles. The number of esters is 1. The topological polar surface area (TPSA) is 35.5 Å². The molecule has 0 aliphatic rings. The lowest BCUT2D eigenvalue weighted by Crippen LogP contribution is -2.08. The summed E-state index contributed by atoms with van der Waals surface area (Å²) in [5.41, 5.74) is 0. The van der Waals surface area contributed by atoms with Gasteiger partial charge in [-0.15, -0.1) is 0 Å². The summed E-state index contributed by atoms with van der Waals surface area (Å²) in [5.74, 6) is -0.149. The first-order chi connectivity index (χ1) is 9.24. The minimum absolute atomic E-state index is 0.149. The first kappa shape index (κ1) is 18.2. The number of hydrogen-bond donors (Lipinski definition) is 0. The molecule has 0 amide bonds. The second-order valence-corrected chi connectivity index (χ2v) is 4.88. The van der Waals surface area contributed by atoms with Gasteiger partial charge < -0.3 is 9.47 Å². The number of ether oxygens (including phenoxy) is 2. The molecule has 0 aromatic rings. The Bertz CT molecular complexity index is 236. The van der Waals surface area contributed by atoms with Crippen LogP contribution in [0.3, 0.4) is 0 Å². The molecule has 0 rings (SSSR count). The highest BCUT2D eigenvalue weighted by Crippen LogP contribution is 2.12. The average molecular weight is 270 g/mol. The van der Waals surface area contributed by atoms with Gasteiger partial charge in [0.1, 0.15) is 0 Å². The van der Waals surface area contributed by atoms with Crippen molar-refractivity contribution in [3.8, 4) is 0 Å². The Morgan fingerprint density at radius 2 is 1.84 bits per heavy atom. The van der Waals surface area contributed by atoms with Gasteiger partial charge in [0.05, 0.1) is 13.2 Å². The number of carbonyl (C=O) groups excluding carboxylic acids is 1. The van der Waals surface area contributed by atoms with Crippen molar-refractivity contribution < 1.29 is 14.3 Å². The minimum Gasteiger partial charge on any atom is -0.469 e. The summed E-state index contributed by atoms with van der Waals surface area (Å²) in [6.07, 6.45) is 14.3. The van der Waals surface area contributed by atoms with Crippen molar-refractivity contribution in [1.82, 2.24) is 0 Å². The van der Waals surface area contributed by atoms with E-state index in [4.69, 9.17) is 4.74 Å². The second-order valence-electron chi connectivity index (χ2n) is 4.88. The molecule has 112 valence electrons. The van der Waals surface area contributed by atoms with Crippen LogP contribution in [0, 0.1) is 0 Å². The van der Waals surface area contributed by atoms with Crippen molar-refractivity contribution in [3.63, 3.8) is 0 Å². The van der Waals surface area contributed by atoms with Gasteiger partial charge in [-0.2, -0.15) is 0 Å². The van der Waals surface area contributed by atoms with Crippen LogP contribution in [0.5, 0.6) is 0 Å². The summed E-state index contributed by atoms with van der Waals surface area (Å²) in [7, 11) is 3.20. The van der Waals surface area contributed by atoms with Crippen molar-refractivity contribution >= 4 is 5.97 Å². The Morgan fingerprint density at radius 1 is 1.11 bits per heavy atom. The fourth-order valence-electron chi connectivity index (χ4n) is 1.98. The summed E-state index contributed by atoms with van der Waals surface area (Å²) in [4.78, 5) is 10.9.